The Bertz CT molecular complexity index is 570. The van der Waals surface area contributed by atoms with Crippen molar-refractivity contribution in [1.29, 1.82) is 0 Å². The van der Waals surface area contributed by atoms with Gasteiger partial charge in [0.05, 0.1) is 31.0 Å². The van der Waals surface area contributed by atoms with E-state index in [2.05, 4.69) is 14.5 Å². The second-order valence-corrected chi connectivity index (χ2v) is 6.98. The summed E-state index contributed by atoms with van der Waals surface area (Å²) in [6.45, 7) is 0. The van der Waals surface area contributed by atoms with Gasteiger partial charge in [0.25, 0.3) is 0 Å². The van der Waals surface area contributed by atoms with E-state index in [1.807, 2.05) is 0 Å². The molecule has 0 saturated carbocycles. The number of ether oxygens (including phenoxy) is 2. The number of esters is 2. The molecule has 0 aromatic carbocycles. The second kappa shape index (κ2) is 7.20. The highest BCUT2D eigenvalue weighted by atomic mass is 35.6. The highest BCUT2D eigenvalue weighted by molar-refractivity contribution is 6.66. The van der Waals surface area contributed by atoms with E-state index in [0.29, 0.717) is 0 Å². The van der Waals surface area contributed by atoms with Crippen LogP contribution in [0.1, 0.15) is 36.9 Å². The molecule has 0 spiro atoms. The standard InChI is InChI=1S/C11H8Cl5NO4/c1-20-9(18)4-3-5(10(19)21-2)7(11(14,15)16)17-6(4)8(12)13/h3,8H,1-2H3. The zero-order valence-corrected chi connectivity index (χ0v) is 14.4. The van der Waals surface area contributed by atoms with E-state index in [1.54, 1.807) is 0 Å². The molecule has 0 aliphatic rings. The van der Waals surface area contributed by atoms with Gasteiger partial charge in [-0.2, -0.15) is 0 Å². The Morgan fingerprint density at radius 3 is 1.95 bits per heavy atom. The van der Waals surface area contributed by atoms with Crippen LogP contribution in [0.25, 0.3) is 0 Å². The maximum absolute atomic E-state index is 11.8. The molecular formula is C11H8Cl5NO4. The molecule has 0 radical (unpaired) electrons. The van der Waals surface area contributed by atoms with Crippen molar-refractivity contribution in [3.8, 4) is 0 Å². The smallest absolute Gasteiger partial charge is 0.339 e. The lowest BCUT2D eigenvalue weighted by molar-refractivity contribution is 0.0596. The second-order valence-electron chi connectivity index (χ2n) is 3.60. The number of alkyl halides is 5. The molecular weight excluding hydrogens is 387 g/mol. The van der Waals surface area contributed by atoms with Crippen molar-refractivity contribution in [3.63, 3.8) is 0 Å². The zero-order chi connectivity index (χ0) is 16.4. The highest BCUT2D eigenvalue weighted by Gasteiger charge is 2.34. The molecule has 5 nitrogen and oxygen atoms in total. The van der Waals surface area contributed by atoms with Crippen LogP contribution in [0.4, 0.5) is 0 Å². The van der Waals surface area contributed by atoms with Crippen molar-refractivity contribution in [3.05, 3.63) is 28.6 Å². The molecule has 0 unspecified atom stereocenters. The summed E-state index contributed by atoms with van der Waals surface area (Å²) >= 11 is 28.8. The van der Waals surface area contributed by atoms with Gasteiger partial charge in [0, 0.05) is 0 Å². The van der Waals surface area contributed by atoms with Gasteiger partial charge >= 0.3 is 11.9 Å². The van der Waals surface area contributed by atoms with Crippen LogP contribution in [0.5, 0.6) is 0 Å². The molecule has 0 aliphatic heterocycles. The first kappa shape index (κ1) is 18.6. The summed E-state index contributed by atoms with van der Waals surface area (Å²) in [6.07, 6.45) is 0. The lowest BCUT2D eigenvalue weighted by Gasteiger charge is -2.18. The zero-order valence-electron chi connectivity index (χ0n) is 10.6. The van der Waals surface area contributed by atoms with E-state index >= 15 is 0 Å². The number of carbonyl (C=O) groups is 2. The van der Waals surface area contributed by atoms with Crippen molar-refractivity contribution < 1.29 is 19.1 Å². The van der Waals surface area contributed by atoms with Crippen LogP contribution in [-0.2, 0) is 13.3 Å². The van der Waals surface area contributed by atoms with Crippen molar-refractivity contribution in [2.75, 3.05) is 14.2 Å². The number of halogens is 5. The molecule has 1 aromatic rings. The molecule has 21 heavy (non-hydrogen) atoms. The molecule has 0 aliphatic carbocycles. The predicted octanol–water partition coefficient (Wildman–Crippen LogP) is 3.96. The van der Waals surface area contributed by atoms with Crippen molar-refractivity contribution in [2.45, 2.75) is 8.63 Å². The molecule has 0 N–H and O–H groups in total. The Balaban J connectivity index is 3.70. The Labute approximate surface area is 145 Å². The number of rotatable bonds is 3. The number of nitrogens with zero attached hydrogens (tertiary/aromatic N) is 1. The molecule has 116 valence electrons. The number of hydrogen-bond acceptors (Lipinski definition) is 5. The average Bonchev–Trinajstić information content (AvgIpc) is 2.42. The minimum Gasteiger partial charge on any atom is -0.465 e. The number of hydrogen-bond donors (Lipinski definition) is 0. The average molecular weight is 395 g/mol. The summed E-state index contributed by atoms with van der Waals surface area (Å²) in [6, 6.07) is 1.11. The molecule has 1 rings (SSSR count). The number of carbonyl (C=O) groups excluding carboxylic acids is 2. The molecule has 1 heterocycles. The fourth-order valence-corrected chi connectivity index (χ4v) is 2.21. The highest BCUT2D eigenvalue weighted by Crippen LogP contribution is 2.41. The van der Waals surface area contributed by atoms with E-state index in [4.69, 9.17) is 58.0 Å². The van der Waals surface area contributed by atoms with Crippen LogP contribution < -0.4 is 0 Å². The topological polar surface area (TPSA) is 65.5 Å². The van der Waals surface area contributed by atoms with Crippen LogP contribution in [-0.4, -0.2) is 31.1 Å². The van der Waals surface area contributed by atoms with Gasteiger partial charge in [-0.15, -0.1) is 0 Å². The third kappa shape index (κ3) is 4.27. The van der Waals surface area contributed by atoms with Crippen LogP contribution in [0.15, 0.2) is 6.07 Å². The van der Waals surface area contributed by atoms with Gasteiger partial charge in [-0.1, -0.05) is 58.0 Å². The van der Waals surface area contributed by atoms with Crippen molar-refractivity contribution in [2.24, 2.45) is 0 Å². The first-order valence-electron chi connectivity index (χ1n) is 5.20. The van der Waals surface area contributed by atoms with E-state index in [0.717, 1.165) is 20.3 Å². The van der Waals surface area contributed by atoms with Gasteiger partial charge in [-0.3, -0.25) is 0 Å². The molecule has 0 amide bonds. The maximum atomic E-state index is 11.8. The van der Waals surface area contributed by atoms with Crippen LogP contribution in [0.3, 0.4) is 0 Å². The summed E-state index contributed by atoms with van der Waals surface area (Å²) in [5.74, 6) is -1.65. The summed E-state index contributed by atoms with van der Waals surface area (Å²) < 4.78 is 7.10. The lowest BCUT2D eigenvalue weighted by atomic mass is 10.1. The first-order chi connectivity index (χ1) is 9.63. The molecule has 1 aromatic heterocycles. The van der Waals surface area contributed by atoms with Gasteiger partial charge in [-0.05, 0) is 6.07 Å². The summed E-state index contributed by atoms with van der Waals surface area (Å²) in [5.41, 5.74) is -0.700. The van der Waals surface area contributed by atoms with Gasteiger partial charge < -0.3 is 9.47 Å². The van der Waals surface area contributed by atoms with E-state index in [9.17, 15) is 9.59 Å². The van der Waals surface area contributed by atoms with Crippen LogP contribution in [0, 0.1) is 0 Å². The van der Waals surface area contributed by atoms with E-state index in [-0.39, 0.29) is 22.5 Å². The summed E-state index contributed by atoms with van der Waals surface area (Å²) in [7, 11) is 2.27. The number of aromatic nitrogens is 1. The van der Waals surface area contributed by atoms with E-state index in [1.165, 1.54) is 0 Å². The Kier molecular flexibility index (Phi) is 6.37. The van der Waals surface area contributed by atoms with Gasteiger partial charge in [0.15, 0.2) is 0 Å². The minimum atomic E-state index is -2.05. The third-order valence-corrected chi connectivity index (χ3v) is 3.29. The molecule has 0 saturated heterocycles. The number of pyridine rings is 1. The largest absolute Gasteiger partial charge is 0.465 e. The Morgan fingerprint density at radius 2 is 1.57 bits per heavy atom. The SMILES string of the molecule is COC(=O)c1cc(C(=O)OC)c(C(Cl)(Cl)Cl)nc1C(Cl)Cl. The Hall–Kier alpha value is -0.460. The summed E-state index contributed by atoms with van der Waals surface area (Å²) in [4.78, 5) is 26.2. The molecule has 0 bridgehead atoms. The number of methoxy groups -OCH3 is 2. The van der Waals surface area contributed by atoms with Gasteiger partial charge in [0.2, 0.25) is 3.79 Å². The molecule has 0 fully saturated rings. The van der Waals surface area contributed by atoms with Gasteiger partial charge in [0.1, 0.15) is 10.5 Å². The fraction of sp³-hybridized carbons (Fsp3) is 0.364. The molecule has 10 heteroatoms. The monoisotopic (exact) mass is 393 g/mol. The lowest BCUT2D eigenvalue weighted by Crippen LogP contribution is -2.19. The first-order valence-corrected chi connectivity index (χ1v) is 7.21. The quantitative estimate of drug-likeness (QED) is 0.573. The van der Waals surface area contributed by atoms with Crippen LogP contribution >= 0.6 is 58.0 Å². The van der Waals surface area contributed by atoms with Gasteiger partial charge in [-0.25, -0.2) is 14.6 Å². The Morgan fingerprint density at radius 1 is 1.10 bits per heavy atom. The maximum Gasteiger partial charge on any atom is 0.339 e. The van der Waals surface area contributed by atoms with E-state index < -0.39 is 20.6 Å². The molecule has 0 atom stereocenters. The fourth-order valence-electron chi connectivity index (χ4n) is 1.45. The summed E-state index contributed by atoms with van der Waals surface area (Å²) in [5, 5.41) is 0. The third-order valence-electron chi connectivity index (χ3n) is 2.34. The van der Waals surface area contributed by atoms with Crippen molar-refractivity contribution >= 4 is 69.9 Å². The minimum absolute atomic E-state index is 0.0980. The predicted molar refractivity (Wildman–Crippen MR) is 80.6 cm³/mol. The van der Waals surface area contributed by atoms with Crippen molar-refractivity contribution in [1.82, 2.24) is 4.98 Å². The normalized spacial score (nSPS) is 11.4. The van der Waals surface area contributed by atoms with Crippen LogP contribution in [0.2, 0.25) is 0 Å².